The molecule has 5 N–H and O–H groups in total. The van der Waals surface area contributed by atoms with Gasteiger partial charge in [-0.1, -0.05) is 17.7 Å². The maximum Gasteiger partial charge on any atom is 0.257 e. The molecule has 0 radical (unpaired) electrons. The van der Waals surface area contributed by atoms with Crippen LogP contribution < -0.4 is 16.2 Å². The monoisotopic (exact) mass is 305 g/mol. The highest BCUT2D eigenvalue weighted by Crippen LogP contribution is 2.18. The number of primary sulfonamides is 1. The molecule has 0 saturated carbocycles. The number of carbonyl (C=O) groups excluding carboxylic acids is 1. The molecule has 0 aliphatic heterocycles. The second-order valence-electron chi connectivity index (χ2n) is 4.62. The summed E-state index contributed by atoms with van der Waals surface area (Å²) >= 11 is 0. The number of amides is 1. The molecule has 0 aliphatic rings. The standard InChI is InChI=1S/C14H15N3O3S/c1-9-5-6-13(15)12(7-9)14(18)17-10-3-2-4-11(8-10)21(16,19)20/h2-8H,15H2,1H3,(H,17,18)(H2,16,19,20). The van der Waals surface area contributed by atoms with Crippen LogP contribution in [-0.4, -0.2) is 14.3 Å². The molecule has 2 aromatic rings. The second kappa shape index (κ2) is 5.55. The molecular formula is C14H15N3O3S. The average Bonchev–Trinajstić information content (AvgIpc) is 2.41. The summed E-state index contributed by atoms with van der Waals surface area (Å²) in [5.41, 5.74) is 7.67. The van der Waals surface area contributed by atoms with Gasteiger partial charge in [0.25, 0.3) is 5.91 Å². The van der Waals surface area contributed by atoms with E-state index in [-0.39, 0.29) is 4.90 Å². The number of nitrogen functional groups attached to an aromatic ring is 1. The maximum absolute atomic E-state index is 12.2. The minimum Gasteiger partial charge on any atom is -0.398 e. The van der Waals surface area contributed by atoms with Gasteiger partial charge in [-0.05, 0) is 37.3 Å². The van der Waals surface area contributed by atoms with E-state index in [2.05, 4.69) is 5.32 Å². The SMILES string of the molecule is Cc1ccc(N)c(C(=O)Nc2cccc(S(N)(=O)=O)c2)c1. The van der Waals surface area contributed by atoms with E-state index in [9.17, 15) is 13.2 Å². The highest BCUT2D eigenvalue weighted by atomic mass is 32.2. The number of sulfonamides is 1. The van der Waals surface area contributed by atoms with Gasteiger partial charge in [0.2, 0.25) is 10.0 Å². The van der Waals surface area contributed by atoms with E-state index in [0.29, 0.717) is 16.9 Å². The Kier molecular flexibility index (Phi) is 3.97. The molecule has 21 heavy (non-hydrogen) atoms. The summed E-state index contributed by atoms with van der Waals surface area (Å²) in [6.07, 6.45) is 0. The molecule has 1 amide bonds. The Labute approximate surface area is 122 Å². The fourth-order valence-electron chi connectivity index (χ4n) is 1.82. The lowest BCUT2D eigenvalue weighted by atomic mass is 10.1. The lowest BCUT2D eigenvalue weighted by Crippen LogP contribution is -2.16. The van der Waals surface area contributed by atoms with E-state index in [1.807, 2.05) is 6.92 Å². The van der Waals surface area contributed by atoms with Crippen LogP contribution >= 0.6 is 0 Å². The summed E-state index contributed by atoms with van der Waals surface area (Å²) in [6.45, 7) is 1.85. The summed E-state index contributed by atoms with van der Waals surface area (Å²) < 4.78 is 22.6. The zero-order chi connectivity index (χ0) is 15.6. The number of aryl methyl sites for hydroxylation is 1. The van der Waals surface area contributed by atoms with Crippen LogP contribution in [0.3, 0.4) is 0 Å². The molecule has 0 saturated heterocycles. The number of hydrogen-bond donors (Lipinski definition) is 3. The van der Waals surface area contributed by atoms with Crippen molar-refractivity contribution in [1.82, 2.24) is 0 Å². The van der Waals surface area contributed by atoms with Crippen molar-refractivity contribution in [2.45, 2.75) is 11.8 Å². The zero-order valence-corrected chi connectivity index (χ0v) is 12.1. The maximum atomic E-state index is 12.2. The number of nitrogens with one attached hydrogen (secondary N) is 1. The molecule has 0 atom stereocenters. The summed E-state index contributed by atoms with van der Waals surface area (Å²) in [5.74, 6) is -0.414. The van der Waals surface area contributed by atoms with Gasteiger partial charge in [0, 0.05) is 11.4 Å². The molecule has 0 spiro atoms. The largest absolute Gasteiger partial charge is 0.398 e. The van der Waals surface area contributed by atoms with Gasteiger partial charge in [-0.15, -0.1) is 0 Å². The van der Waals surface area contributed by atoms with Crippen LogP contribution in [0.1, 0.15) is 15.9 Å². The molecule has 0 aromatic heterocycles. The smallest absolute Gasteiger partial charge is 0.257 e. The highest BCUT2D eigenvalue weighted by Gasteiger charge is 2.12. The second-order valence-corrected chi connectivity index (χ2v) is 6.18. The van der Waals surface area contributed by atoms with E-state index in [1.165, 1.54) is 18.2 Å². The minimum atomic E-state index is -3.82. The molecule has 110 valence electrons. The molecule has 0 bridgehead atoms. The summed E-state index contributed by atoms with van der Waals surface area (Å²) in [7, 11) is -3.82. The molecule has 6 nitrogen and oxygen atoms in total. The Morgan fingerprint density at radius 2 is 1.86 bits per heavy atom. The van der Waals surface area contributed by atoms with Crippen LogP contribution in [0.15, 0.2) is 47.4 Å². The molecular weight excluding hydrogens is 290 g/mol. The number of nitrogens with two attached hydrogens (primary N) is 2. The minimum absolute atomic E-state index is 0.0717. The van der Waals surface area contributed by atoms with E-state index in [4.69, 9.17) is 10.9 Å². The molecule has 0 aliphatic carbocycles. The number of carbonyl (C=O) groups is 1. The Bertz CT molecular complexity index is 801. The third-order valence-electron chi connectivity index (χ3n) is 2.87. The van der Waals surface area contributed by atoms with Crippen LogP contribution in [-0.2, 0) is 10.0 Å². The van der Waals surface area contributed by atoms with Crippen molar-refractivity contribution in [2.75, 3.05) is 11.1 Å². The Hall–Kier alpha value is -2.38. The van der Waals surface area contributed by atoms with Gasteiger partial charge in [0.05, 0.1) is 10.5 Å². The van der Waals surface area contributed by atoms with Gasteiger partial charge in [-0.3, -0.25) is 4.79 Å². The van der Waals surface area contributed by atoms with Gasteiger partial charge < -0.3 is 11.1 Å². The lowest BCUT2D eigenvalue weighted by Gasteiger charge is -2.09. The first-order valence-corrected chi connectivity index (χ1v) is 7.62. The third-order valence-corrected chi connectivity index (χ3v) is 3.78. The van der Waals surface area contributed by atoms with Crippen molar-refractivity contribution in [1.29, 1.82) is 0 Å². The molecule has 0 fully saturated rings. The first-order chi connectivity index (χ1) is 9.77. The average molecular weight is 305 g/mol. The quantitative estimate of drug-likeness (QED) is 0.745. The first kappa shape index (κ1) is 15.0. The summed E-state index contributed by atoms with van der Waals surface area (Å²) in [6, 6.07) is 10.8. The predicted octanol–water partition coefficient (Wildman–Crippen LogP) is 1.48. The van der Waals surface area contributed by atoms with Crippen LogP contribution in [0.25, 0.3) is 0 Å². The Balaban J connectivity index is 2.30. The fourth-order valence-corrected chi connectivity index (χ4v) is 2.38. The van der Waals surface area contributed by atoms with Gasteiger partial charge in [0.1, 0.15) is 0 Å². The predicted molar refractivity (Wildman–Crippen MR) is 81.4 cm³/mol. The molecule has 2 aromatic carbocycles. The van der Waals surface area contributed by atoms with Crippen LogP contribution in [0.4, 0.5) is 11.4 Å². The number of benzene rings is 2. The lowest BCUT2D eigenvalue weighted by molar-refractivity contribution is 0.102. The van der Waals surface area contributed by atoms with Gasteiger partial charge in [0.15, 0.2) is 0 Å². The number of hydrogen-bond acceptors (Lipinski definition) is 4. The Morgan fingerprint density at radius 1 is 1.14 bits per heavy atom. The first-order valence-electron chi connectivity index (χ1n) is 6.08. The summed E-state index contributed by atoms with van der Waals surface area (Å²) in [5, 5.41) is 7.65. The molecule has 0 unspecified atom stereocenters. The topological polar surface area (TPSA) is 115 Å². The Morgan fingerprint density at radius 3 is 2.52 bits per heavy atom. The molecule has 2 rings (SSSR count). The van der Waals surface area contributed by atoms with Crippen molar-refractivity contribution in [3.05, 3.63) is 53.6 Å². The van der Waals surface area contributed by atoms with Gasteiger partial charge in [-0.25, -0.2) is 13.6 Å². The van der Waals surface area contributed by atoms with Gasteiger partial charge in [-0.2, -0.15) is 0 Å². The van der Waals surface area contributed by atoms with Gasteiger partial charge >= 0.3 is 0 Å². The van der Waals surface area contributed by atoms with Crippen LogP contribution in [0.2, 0.25) is 0 Å². The van der Waals surface area contributed by atoms with Crippen molar-refractivity contribution in [2.24, 2.45) is 5.14 Å². The van der Waals surface area contributed by atoms with Crippen LogP contribution in [0.5, 0.6) is 0 Å². The number of anilines is 2. The molecule has 0 heterocycles. The summed E-state index contributed by atoms with van der Waals surface area (Å²) in [4.78, 5) is 12.1. The zero-order valence-electron chi connectivity index (χ0n) is 11.3. The number of rotatable bonds is 3. The highest BCUT2D eigenvalue weighted by molar-refractivity contribution is 7.89. The van der Waals surface area contributed by atoms with E-state index in [1.54, 1.807) is 24.3 Å². The van der Waals surface area contributed by atoms with Crippen molar-refractivity contribution in [3.63, 3.8) is 0 Å². The van der Waals surface area contributed by atoms with E-state index >= 15 is 0 Å². The fraction of sp³-hybridized carbons (Fsp3) is 0.0714. The van der Waals surface area contributed by atoms with Crippen LogP contribution in [0, 0.1) is 6.92 Å². The van der Waals surface area contributed by atoms with E-state index in [0.717, 1.165) is 5.56 Å². The van der Waals surface area contributed by atoms with E-state index < -0.39 is 15.9 Å². The van der Waals surface area contributed by atoms with Crippen molar-refractivity contribution >= 4 is 27.3 Å². The third kappa shape index (κ3) is 3.59. The molecule has 7 heteroatoms. The van der Waals surface area contributed by atoms with Crippen molar-refractivity contribution < 1.29 is 13.2 Å². The normalized spacial score (nSPS) is 11.1. The van der Waals surface area contributed by atoms with Crippen molar-refractivity contribution in [3.8, 4) is 0 Å².